The van der Waals surface area contributed by atoms with E-state index in [4.69, 9.17) is 14.2 Å². The third-order valence-electron chi connectivity index (χ3n) is 4.04. The normalized spacial score (nSPS) is 21.4. The second-order valence-electron chi connectivity index (χ2n) is 5.36. The number of hydrogen-bond donors (Lipinski definition) is 1. The molecule has 1 aromatic rings. The molecule has 1 saturated heterocycles. The van der Waals surface area contributed by atoms with Crippen molar-refractivity contribution in [3.63, 3.8) is 0 Å². The van der Waals surface area contributed by atoms with Gasteiger partial charge in [0.15, 0.2) is 11.5 Å². The lowest BCUT2D eigenvalue weighted by Crippen LogP contribution is -2.36. The van der Waals surface area contributed by atoms with E-state index < -0.39 is 0 Å². The first kappa shape index (κ1) is 13.5. The molecule has 5 heteroatoms. The summed E-state index contributed by atoms with van der Waals surface area (Å²) in [7, 11) is 3.68. The van der Waals surface area contributed by atoms with Gasteiger partial charge in [0.05, 0.1) is 7.11 Å². The van der Waals surface area contributed by atoms with E-state index in [9.17, 15) is 0 Å². The fraction of sp³-hybridized carbons (Fsp3) is 0.600. The molecule has 2 heterocycles. The predicted octanol–water partition coefficient (Wildman–Crippen LogP) is 1.61. The van der Waals surface area contributed by atoms with Gasteiger partial charge in [0.2, 0.25) is 12.5 Å². The maximum absolute atomic E-state index is 5.49. The number of benzene rings is 1. The summed E-state index contributed by atoms with van der Waals surface area (Å²) in [6.45, 7) is 3.41. The van der Waals surface area contributed by atoms with Crippen LogP contribution in [0.15, 0.2) is 12.1 Å². The average molecular weight is 278 g/mol. The van der Waals surface area contributed by atoms with Gasteiger partial charge in [-0.1, -0.05) is 0 Å². The Kier molecular flexibility index (Phi) is 3.98. The maximum atomic E-state index is 5.49. The minimum Gasteiger partial charge on any atom is -0.493 e. The molecular formula is C15H22N2O3. The molecule has 0 amide bonds. The minimum atomic E-state index is 0.279. The highest BCUT2D eigenvalue weighted by molar-refractivity contribution is 5.55. The smallest absolute Gasteiger partial charge is 0.231 e. The maximum Gasteiger partial charge on any atom is 0.231 e. The molecule has 0 saturated carbocycles. The van der Waals surface area contributed by atoms with Gasteiger partial charge in [-0.05, 0) is 44.1 Å². The van der Waals surface area contributed by atoms with E-state index in [0.29, 0.717) is 6.04 Å². The highest BCUT2D eigenvalue weighted by Gasteiger charge is 2.26. The second kappa shape index (κ2) is 5.89. The molecular weight excluding hydrogens is 256 g/mol. The summed E-state index contributed by atoms with van der Waals surface area (Å²) in [6, 6.07) is 4.75. The van der Waals surface area contributed by atoms with Crippen LogP contribution in [0.25, 0.3) is 0 Å². The standard InChI is InChI=1S/C15H22N2O3/c1-16-8-12-4-3-5-17(12)9-11-6-13(18-2)15-14(7-11)19-10-20-15/h6-7,12,16H,3-5,8-10H2,1-2H3. The Labute approximate surface area is 119 Å². The van der Waals surface area contributed by atoms with Crippen molar-refractivity contribution in [2.24, 2.45) is 0 Å². The van der Waals surface area contributed by atoms with Crippen molar-refractivity contribution in [2.75, 3.05) is 34.0 Å². The lowest BCUT2D eigenvalue weighted by Gasteiger charge is -2.24. The summed E-state index contributed by atoms with van der Waals surface area (Å²) >= 11 is 0. The van der Waals surface area contributed by atoms with Crippen molar-refractivity contribution in [3.05, 3.63) is 17.7 Å². The van der Waals surface area contributed by atoms with E-state index >= 15 is 0 Å². The summed E-state index contributed by atoms with van der Waals surface area (Å²) in [5.41, 5.74) is 1.22. The quantitative estimate of drug-likeness (QED) is 0.886. The molecule has 2 aliphatic rings. The van der Waals surface area contributed by atoms with E-state index in [1.807, 2.05) is 7.05 Å². The monoisotopic (exact) mass is 278 g/mol. The highest BCUT2D eigenvalue weighted by Crippen LogP contribution is 2.42. The minimum absolute atomic E-state index is 0.279. The van der Waals surface area contributed by atoms with Crippen molar-refractivity contribution < 1.29 is 14.2 Å². The van der Waals surface area contributed by atoms with Gasteiger partial charge >= 0.3 is 0 Å². The summed E-state index contributed by atoms with van der Waals surface area (Å²) in [6.07, 6.45) is 2.54. The average Bonchev–Trinajstić information content (AvgIpc) is 3.08. The highest BCUT2D eigenvalue weighted by atomic mass is 16.7. The van der Waals surface area contributed by atoms with E-state index in [2.05, 4.69) is 22.3 Å². The molecule has 0 aliphatic carbocycles. The summed E-state index contributed by atoms with van der Waals surface area (Å²) < 4.78 is 16.3. The topological polar surface area (TPSA) is 43.0 Å². The molecule has 1 N–H and O–H groups in total. The van der Waals surface area contributed by atoms with Gasteiger partial charge in [0, 0.05) is 19.1 Å². The van der Waals surface area contributed by atoms with Crippen LogP contribution in [0.5, 0.6) is 17.2 Å². The van der Waals surface area contributed by atoms with Gasteiger partial charge in [-0.3, -0.25) is 4.90 Å². The molecule has 1 aromatic carbocycles. The molecule has 110 valence electrons. The first-order valence-corrected chi connectivity index (χ1v) is 7.17. The molecule has 20 heavy (non-hydrogen) atoms. The first-order chi connectivity index (χ1) is 9.81. The van der Waals surface area contributed by atoms with Crippen molar-refractivity contribution >= 4 is 0 Å². The summed E-state index contributed by atoms with van der Waals surface area (Å²) in [4.78, 5) is 2.52. The Morgan fingerprint density at radius 1 is 1.40 bits per heavy atom. The van der Waals surface area contributed by atoms with Crippen LogP contribution >= 0.6 is 0 Å². The van der Waals surface area contributed by atoms with Crippen LogP contribution in [0, 0.1) is 0 Å². The molecule has 0 spiro atoms. The van der Waals surface area contributed by atoms with Crippen LogP contribution in [0.3, 0.4) is 0 Å². The van der Waals surface area contributed by atoms with Gasteiger partial charge < -0.3 is 19.5 Å². The van der Waals surface area contributed by atoms with Gasteiger partial charge in [-0.15, -0.1) is 0 Å². The van der Waals surface area contributed by atoms with Crippen LogP contribution in [-0.2, 0) is 6.54 Å². The zero-order valence-electron chi connectivity index (χ0n) is 12.1. The first-order valence-electron chi connectivity index (χ1n) is 7.17. The number of likely N-dealkylation sites (tertiary alicyclic amines) is 1. The molecule has 3 rings (SSSR count). The SMILES string of the molecule is CNCC1CCCN1Cc1cc(OC)c2c(c1)OCO2. The number of likely N-dealkylation sites (N-methyl/N-ethyl adjacent to an activating group) is 1. The fourth-order valence-electron chi connectivity index (χ4n) is 3.08. The molecule has 5 nitrogen and oxygen atoms in total. The number of methoxy groups -OCH3 is 1. The van der Waals surface area contributed by atoms with E-state index in [0.717, 1.165) is 36.9 Å². The zero-order valence-corrected chi connectivity index (χ0v) is 12.1. The van der Waals surface area contributed by atoms with Crippen molar-refractivity contribution in [3.8, 4) is 17.2 Å². The van der Waals surface area contributed by atoms with Gasteiger partial charge in [-0.25, -0.2) is 0 Å². The van der Waals surface area contributed by atoms with Crippen LogP contribution < -0.4 is 19.5 Å². The van der Waals surface area contributed by atoms with Crippen LogP contribution in [0.4, 0.5) is 0 Å². The Balaban J connectivity index is 1.77. The lowest BCUT2D eigenvalue weighted by molar-refractivity contribution is 0.171. The second-order valence-corrected chi connectivity index (χ2v) is 5.36. The number of nitrogens with zero attached hydrogens (tertiary/aromatic N) is 1. The lowest BCUT2D eigenvalue weighted by atomic mass is 10.1. The third-order valence-corrected chi connectivity index (χ3v) is 4.04. The molecule has 0 aromatic heterocycles. The summed E-state index contributed by atoms with van der Waals surface area (Å²) in [5.74, 6) is 2.28. The Morgan fingerprint density at radius 3 is 3.10 bits per heavy atom. The van der Waals surface area contributed by atoms with Crippen molar-refractivity contribution in [1.82, 2.24) is 10.2 Å². The Morgan fingerprint density at radius 2 is 2.30 bits per heavy atom. The van der Waals surface area contributed by atoms with Crippen molar-refractivity contribution in [2.45, 2.75) is 25.4 Å². The van der Waals surface area contributed by atoms with Gasteiger partial charge in [0.1, 0.15) is 0 Å². The number of fused-ring (bicyclic) bond motifs is 1. The third kappa shape index (κ3) is 2.55. The largest absolute Gasteiger partial charge is 0.493 e. The van der Waals surface area contributed by atoms with Crippen LogP contribution in [0.1, 0.15) is 18.4 Å². The van der Waals surface area contributed by atoms with E-state index in [1.165, 1.54) is 18.4 Å². The molecule has 1 fully saturated rings. The summed E-state index contributed by atoms with van der Waals surface area (Å²) in [5, 5.41) is 3.28. The van der Waals surface area contributed by atoms with Crippen LogP contribution in [0.2, 0.25) is 0 Å². The zero-order chi connectivity index (χ0) is 13.9. The molecule has 2 aliphatic heterocycles. The molecule has 0 bridgehead atoms. The number of hydrogen-bond acceptors (Lipinski definition) is 5. The van der Waals surface area contributed by atoms with E-state index in [1.54, 1.807) is 7.11 Å². The van der Waals surface area contributed by atoms with E-state index in [-0.39, 0.29) is 6.79 Å². The Hall–Kier alpha value is -1.46. The Bertz CT molecular complexity index is 478. The van der Waals surface area contributed by atoms with Gasteiger partial charge in [-0.2, -0.15) is 0 Å². The molecule has 1 unspecified atom stereocenters. The number of ether oxygens (including phenoxy) is 3. The molecule has 0 radical (unpaired) electrons. The number of rotatable bonds is 5. The molecule has 1 atom stereocenters. The van der Waals surface area contributed by atoms with Crippen molar-refractivity contribution in [1.29, 1.82) is 0 Å². The fourth-order valence-corrected chi connectivity index (χ4v) is 3.08. The number of nitrogens with one attached hydrogen (secondary N) is 1. The van der Waals surface area contributed by atoms with Gasteiger partial charge in [0.25, 0.3) is 0 Å². The predicted molar refractivity (Wildman–Crippen MR) is 76.5 cm³/mol. The van der Waals surface area contributed by atoms with Crippen LogP contribution in [-0.4, -0.2) is 45.0 Å².